The maximum Gasteiger partial charge on any atom is 0.307 e. The molecule has 0 saturated carbocycles. The van der Waals surface area contributed by atoms with Gasteiger partial charge in [-0.1, -0.05) is 19.1 Å². The number of carboxylic acid groups (broad SMARTS) is 1. The molecule has 1 heterocycles. The van der Waals surface area contributed by atoms with Crippen LogP contribution in [-0.4, -0.2) is 22.0 Å². The number of amides is 1. The van der Waals surface area contributed by atoms with E-state index in [0.29, 0.717) is 18.7 Å². The minimum Gasteiger partial charge on any atom is -0.481 e. The SMILES string of the molecule is CCc1cnc(CNC(=O)C2CC=CCC2C(=O)O)o1. The van der Waals surface area contributed by atoms with Gasteiger partial charge >= 0.3 is 5.97 Å². The van der Waals surface area contributed by atoms with Gasteiger partial charge in [-0.3, -0.25) is 9.59 Å². The number of aromatic nitrogens is 1. The highest BCUT2D eigenvalue weighted by atomic mass is 16.4. The quantitative estimate of drug-likeness (QED) is 0.797. The van der Waals surface area contributed by atoms with Crippen LogP contribution in [0.25, 0.3) is 0 Å². The lowest BCUT2D eigenvalue weighted by Gasteiger charge is -2.23. The monoisotopic (exact) mass is 278 g/mol. The van der Waals surface area contributed by atoms with Gasteiger partial charge in [-0.25, -0.2) is 4.98 Å². The summed E-state index contributed by atoms with van der Waals surface area (Å²) in [4.78, 5) is 27.3. The second kappa shape index (κ2) is 6.36. The van der Waals surface area contributed by atoms with E-state index in [1.165, 1.54) is 0 Å². The molecule has 0 aliphatic heterocycles. The second-order valence-electron chi connectivity index (χ2n) is 4.79. The number of hydrogen-bond donors (Lipinski definition) is 2. The summed E-state index contributed by atoms with van der Waals surface area (Å²) < 4.78 is 5.39. The number of carbonyl (C=O) groups excluding carboxylic acids is 1. The summed E-state index contributed by atoms with van der Waals surface area (Å²) >= 11 is 0. The topological polar surface area (TPSA) is 92.4 Å². The van der Waals surface area contributed by atoms with Gasteiger partial charge < -0.3 is 14.8 Å². The minimum atomic E-state index is -0.932. The van der Waals surface area contributed by atoms with Crippen LogP contribution in [0.2, 0.25) is 0 Å². The van der Waals surface area contributed by atoms with Crippen LogP contribution in [0, 0.1) is 11.8 Å². The van der Waals surface area contributed by atoms with Gasteiger partial charge in [-0.05, 0) is 12.8 Å². The van der Waals surface area contributed by atoms with E-state index in [1.807, 2.05) is 19.1 Å². The standard InChI is InChI=1S/C14H18N2O4/c1-2-9-7-15-12(20-9)8-16-13(17)10-5-3-4-6-11(10)14(18)19/h3-4,7,10-11H,2,5-6,8H2,1H3,(H,16,17)(H,18,19). The molecule has 1 amide bonds. The number of aryl methyl sites for hydroxylation is 1. The second-order valence-corrected chi connectivity index (χ2v) is 4.79. The molecule has 6 nitrogen and oxygen atoms in total. The van der Waals surface area contributed by atoms with Gasteiger partial charge in [0, 0.05) is 6.42 Å². The lowest BCUT2D eigenvalue weighted by molar-refractivity contribution is -0.147. The molecule has 0 fully saturated rings. The third-order valence-electron chi connectivity index (χ3n) is 3.45. The number of rotatable bonds is 5. The van der Waals surface area contributed by atoms with Crippen LogP contribution in [0.3, 0.4) is 0 Å². The Labute approximate surface area is 116 Å². The van der Waals surface area contributed by atoms with Gasteiger partial charge in [-0.2, -0.15) is 0 Å². The summed E-state index contributed by atoms with van der Waals surface area (Å²) in [6.07, 6.45) is 6.88. The highest BCUT2D eigenvalue weighted by Crippen LogP contribution is 2.26. The molecule has 20 heavy (non-hydrogen) atoms. The molecule has 2 rings (SSSR count). The molecule has 0 saturated heterocycles. The largest absolute Gasteiger partial charge is 0.481 e. The molecule has 6 heteroatoms. The smallest absolute Gasteiger partial charge is 0.307 e. The van der Waals surface area contributed by atoms with E-state index in [-0.39, 0.29) is 12.5 Å². The summed E-state index contributed by atoms with van der Waals surface area (Å²) in [6.45, 7) is 2.14. The van der Waals surface area contributed by atoms with Crippen molar-refractivity contribution >= 4 is 11.9 Å². The summed E-state index contributed by atoms with van der Waals surface area (Å²) in [7, 11) is 0. The normalized spacial score (nSPS) is 21.6. The van der Waals surface area contributed by atoms with E-state index in [9.17, 15) is 9.59 Å². The zero-order chi connectivity index (χ0) is 14.5. The highest BCUT2D eigenvalue weighted by Gasteiger charge is 2.33. The Morgan fingerprint density at radius 1 is 1.40 bits per heavy atom. The van der Waals surface area contributed by atoms with Crippen molar-refractivity contribution in [2.75, 3.05) is 0 Å². The van der Waals surface area contributed by atoms with Crippen LogP contribution < -0.4 is 5.32 Å². The molecular formula is C14H18N2O4. The molecule has 0 bridgehead atoms. The molecule has 2 unspecified atom stereocenters. The maximum absolute atomic E-state index is 12.1. The zero-order valence-corrected chi connectivity index (χ0v) is 11.3. The van der Waals surface area contributed by atoms with E-state index in [1.54, 1.807) is 6.20 Å². The van der Waals surface area contributed by atoms with Gasteiger partial charge in [0.1, 0.15) is 5.76 Å². The Bertz CT molecular complexity index is 521. The first-order valence-electron chi connectivity index (χ1n) is 6.71. The molecule has 1 aliphatic rings. The maximum atomic E-state index is 12.1. The number of hydrogen-bond acceptors (Lipinski definition) is 4. The molecule has 1 aromatic rings. The predicted molar refractivity (Wildman–Crippen MR) is 70.7 cm³/mol. The number of carboxylic acids is 1. The summed E-state index contributed by atoms with van der Waals surface area (Å²) in [5.74, 6) is -1.18. The van der Waals surface area contributed by atoms with E-state index in [4.69, 9.17) is 9.52 Å². The van der Waals surface area contributed by atoms with Crippen LogP contribution in [0.15, 0.2) is 22.8 Å². The van der Waals surface area contributed by atoms with Crippen LogP contribution in [0.4, 0.5) is 0 Å². The average molecular weight is 278 g/mol. The van der Waals surface area contributed by atoms with E-state index in [0.717, 1.165) is 12.2 Å². The number of allylic oxidation sites excluding steroid dienone is 2. The lowest BCUT2D eigenvalue weighted by Crippen LogP contribution is -2.38. The molecular weight excluding hydrogens is 260 g/mol. The molecule has 1 aliphatic carbocycles. The van der Waals surface area contributed by atoms with Crippen LogP contribution in [0.5, 0.6) is 0 Å². The first-order valence-corrected chi connectivity index (χ1v) is 6.71. The van der Waals surface area contributed by atoms with Gasteiger partial charge in [0.15, 0.2) is 0 Å². The van der Waals surface area contributed by atoms with Crippen LogP contribution in [-0.2, 0) is 22.6 Å². The fourth-order valence-corrected chi connectivity index (χ4v) is 2.26. The number of nitrogens with one attached hydrogen (secondary N) is 1. The number of aliphatic carboxylic acids is 1. The molecule has 1 aromatic heterocycles. The van der Waals surface area contributed by atoms with Crippen LogP contribution >= 0.6 is 0 Å². The van der Waals surface area contributed by atoms with Gasteiger partial charge in [0.25, 0.3) is 0 Å². The molecule has 2 N–H and O–H groups in total. The first-order chi connectivity index (χ1) is 9.61. The van der Waals surface area contributed by atoms with Crippen molar-refractivity contribution in [3.8, 4) is 0 Å². The summed E-state index contributed by atoms with van der Waals surface area (Å²) in [5, 5.41) is 11.8. The number of nitrogens with zero attached hydrogens (tertiary/aromatic N) is 1. The Morgan fingerprint density at radius 3 is 2.70 bits per heavy atom. The average Bonchev–Trinajstić information content (AvgIpc) is 2.92. The first kappa shape index (κ1) is 14.3. The van der Waals surface area contributed by atoms with Gasteiger partial charge in [0.2, 0.25) is 11.8 Å². The number of carbonyl (C=O) groups is 2. The van der Waals surface area contributed by atoms with E-state index in [2.05, 4.69) is 10.3 Å². The van der Waals surface area contributed by atoms with Gasteiger partial charge in [0.05, 0.1) is 24.6 Å². The van der Waals surface area contributed by atoms with Crippen molar-refractivity contribution in [3.05, 3.63) is 30.0 Å². The van der Waals surface area contributed by atoms with Crippen molar-refractivity contribution in [2.24, 2.45) is 11.8 Å². The molecule has 108 valence electrons. The van der Waals surface area contributed by atoms with Crippen molar-refractivity contribution < 1.29 is 19.1 Å². The third-order valence-corrected chi connectivity index (χ3v) is 3.45. The van der Waals surface area contributed by atoms with Crippen molar-refractivity contribution in [2.45, 2.75) is 32.7 Å². The summed E-state index contributed by atoms with van der Waals surface area (Å²) in [6, 6.07) is 0. The van der Waals surface area contributed by atoms with Crippen molar-refractivity contribution in [1.29, 1.82) is 0 Å². The molecule has 2 atom stereocenters. The molecule has 0 radical (unpaired) electrons. The fourth-order valence-electron chi connectivity index (χ4n) is 2.26. The van der Waals surface area contributed by atoms with Gasteiger partial charge in [-0.15, -0.1) is 0 Å². The fraction of sp³-hybridized carbons (Fsp3) is 0.500. The third kappa shape index (κ3) is 3.26. The van der Waals surface area contributed by atoms with Crippen LogP contribution in [0.1, 0.15) is 31.4 Å². The van der Waals surface area contributed by atoms with E-state index < -0.39 is 17.8 Å². The zero-order valence-electron chi connectivity index (χ0n) is 11.3. The molecule has 0 aromatic carbocycles. The minimum absolute atomic E-state index is 0.186. The lowest BCUT2D eigenvalue weighted by atomic mass is 9.82. The Hall–Kier alpha value is -2.11. The van der Waals surface area contributed by atoms with E-state index >= 15 is 0 Å². The Kier molecular flexibility index (Phi) is 4.55. The Morgan fingerprint density at radius 2 is 2.10 bits per heavy atom. The summed E-state index contributed by atoms with van der Waals surface area (Å²) in [5.41, 5.74) is 0. The molecule has 0 spiro atoms. The van der Waals surface area contributed by atoms with Crippen molar-refractivity contribution in [1.82, 2.24) is 10.3 Å². The predicted octanol–water partition coefficient (Wildman–Crippen LogP) is 1.52. The Balaban J connectivity index is 1.93. The number of oxazole rings is 1. The highest BCUT2D eigenvalue weighted by molar-refractivity contribution is 5.85. The van der Waals surface area contributed by atoms with Crippen molar-refractivity contribution in [3.63, 3.8) is 0 Å².